The van der Waals surface area contributed by atoms with Crippen molar-refractivity contribution in [3.8, 4) is 0 Å². The molecule has 0 aromatic carbocycles. The largest absolute Gasteiger partial charge is 0.356 e. The van der Waals surface area contributed by atoms with Crippen LogP contribution in [0.1, 0.15) is 43.5 Å². The van der Waals surface area contributed by atoms with Gasteiger partial charge in [-0.2, -0.15) is 0 Å². The van der Waals surface area contributed by atoms with Gasteiger partial charge in [-0.05, 0) is 43.4 Å². The van der Waals surface area contributed by atoms with Gasteiger partial charge in [0, 0.05) is 32.9 Å². The summed E-state index contributed by atoms with van der Waals surface area (Å²) < 4.78 is 0. The first-order valence-electron chi connectivity index (χ1n) is 8.10. The standard InChI is InChI=1S/C17H28N4O.2ClH/c1-17(2,12-18)13-20(3)16(22)14-8-7-9-19-15(14)21-10-5-4-6-11-21;;/h7-9H,4-6,10-13,18H2,1-3H3;2*1H. The minimum Gasteiger partial charge on any atom is -0.356 e. The smallest absolute Gasteiger partial charge is 0.257 e. The molecule has 1 aromatic rings. The van der Waals surface area contributed by atoms with E-state index in [1.54, 1.807) is 11.1 Å². The Labute approximate surface area is 157 Å². The van der Waals surface area contributed by atoms with Crippen LogP contribution in [-0.2, 0) is 0 Å². The van der Waals surface area contributed by atoms with Gasteiger partial charge in [0.1, 0.15) is 5.82 Å². The lowest BCUT2D eigenvalue weighted by Gasteiger charge is -2.32. The molecule has 2 rings (SSSR count). The molecule has 138 valence electrons. The lowest BCUT2D eigenvalue weighted by Crippen LogP contribution is -2.40. The van der Waals surface area contributed by atoms with Gasteiger partial charge in [-0.25, -0.2) is 4.98 Å². The zero-order valence-electron chi connectivity index (χ0n) is 14.8. The van der Waals surface area contributed by atoms with Crippen molar-refractivity contribution < 1.29 is 4.79 Å². The number of piperidine rings is 1. The Morgan fingerprint density at radius 1 is 1.29 bits per heavy atom. The number of anilines is 1. The van der Waals surface area contributed by atoms with E-state index in [0.717, 1.165) is 18.9 Å². The zero-order chi connectivity index (χ0) is 16.2. The lowest BCUT2D eigenvalue weighted by atomic mass is 9.93. The molecule has 0 aliphatic carbocycles. The molecule has 0 unspecified atom stereocenters. The maximum absolute atomic E-state index is 12.8. The fourth-order valence-corrected chi connectivity index (χ4v) is 2.91. The predicted molar refractivity (Wildman–Crippen MR) is 105 cm³/mol. The van der Waals surface area contributed by atoms with E-state index in [1.165, 1.54) is 19.3 Å². The van der Waals surface area contributed by atoms with Gasteiger partial charge in [-0.3, -0.25) is 4.79 Å². The van der Waals surface area contributed by atoms with Crippen LogP contribution in [0.3, 0.4) is 0 Å². The zero-order valence-corrected chi connectivity index (χ0v) is 16.5. The van der Waals surface area contributed by atoms with E-state index in [-0.39, 0.29) is 36.1 Å². The monoisotopic (exact) mass is 376 g/mol. The Morgan fingerprint density at radius 2 is 1.92 bits per heavy atom. The van der Waals surface area contributed by atoms with E-state index in [4.69, 9.17) is 5.73 Å². The molecule has 2 heterocycles. The van der Waals surface area contributed by atoms with E-state index < -0.39 is 0 Å². The summed E-state index contributed by atoms with van der Waals surface area (Å²) in [6, 6.07) is 3.72. The third-order valence-electron chi connectivity index (χ3n) is 4.24. The molecule has 0 saturated carbocycles. The van der Waals surface area contributed by atoms with Crippen molar-refractivity contribution in [1.29, 1.82) is 0 Å². The highest BCUT2D eigenvalue weighted by Crippen LogP contribution is 2.24. The summed E-state index contributed by atoms with van der Waals surface area (Å²) in [5.41, 5.74) is 6.39. The molecule has 1 aliphatic heterocycles. The highest BCUT2D eigenvalue weighted by atomic mass is 35.5. The Kier molecular flexibility index (Phi) is 9.63. The van der Waals surface area contributed by atoms with Crippen molar-refractivity contribution >= 4 is 36.5 Å². The average Bonchev–Trinajstić information content (AvgIpc) is 2.54. The van der Waals surface area contributed by atoms with E-state index in [1.807, 2.05) is 19.2 Å². The highest BCUT2D eigenvalue weighted by molar-refractivity contribution is 5.98. The maximum Gasteiger partial charge on any atom is 0.257 e. The summed E-state index contributed by atoms with van der Waals surface area (Å²) in [4.78, 5) is 21.3. The third-order valence-corrected chi connectivity index (χ3v) is 4.24. The lowest BCUT2D eigenvalue weighted by molar-refractivity contribution is 0.0740. The van der Waals surface area contributed by atoms with Gasteiger partial charge < -0.3 is 15.5 Å². The normalized spacial score (nSPS) is 14.4. The van der Waals surface area contributed by atoms with Crippen LogP contribution in [-0.4, -0.2) is 49.0 Å². The van der Waals surface area contributed by atoms with Crippen LogP contribution in [0.5, 0.6) is 0 Å². The van der Waals surface area contributed by atoms with Crippen molar-refractivity contribution in [1.82, 2.24) is 9.88 Å². The predicted octanol–water partition coefficient (Wildman–Crippen LogP) is 2.97. The highest BCUT2D eigenvalue weighted by Gasteiger charge is 2.25. The number of nitrogens with zero attached hydrogens (tertiary/aromatic N) is 3. The SMILES string of the molecule is CN(CC(C)(C)CN)C(=O)c1cccnc1N1CCCCC1.Cl.Cl. The number of amides is 1. The Balaban J connectivity index is 0.00000264. The van der Waals surface area contributed by atoms with Gasteiger partial charge in [0.05, 0.1) is 5.56 Å². The van der Waals surface area contributed by atoms with Crippen molar-refractivity contribution in [2.45, 2.75) is 33.1 Å². The number of hydrogen-bond donors (Lipinski definition) is 1. The Bertz CT molecular complexity index is 519. The number of carbonyl (C=O) groups excluding carboxylic acids is 1. The van der Waals surface area contributed by atoms with E-state index in [0.29, 0.717) is 18.7 Å². The minimum atomic E-state index is -0.0854. The van der Waals surface area contributed by atoms with Crippen LogP contribution < -0.4 is 10.6 Å². The van der Waals surface area contributed by atoms with Crippen molar-refractivity contribution in [2.75, 3.05) is 38.1 Å². The summed E-state index contributed by atoms with van der Waals surface area (Å²) in [6.45, 7) is 7.30. The Hall–Kier alpha value is -1.04. The number of hydrogen-bond acceptors (Lipinski definition) is 4. The maximum atomic E-state index is 12.8. The molecule has 0 bridgehead atoms. The molecule has 5 nitrogen and oxygen atoms in total. The van der Waals surface area contributed by atoms with Crippen LogP contribution in [0, 0.1) is 5.41 Å². The van der Waals surface area contributed by atoms with Crippen molar-refractivity contribution in [3.05, 3.63) is 23.9 Å². The summed E-state index contributed by atoms with van der Waals surface area (Å²) in [6.07, 6.45) is 5.36. The molecular formula is C17H30Cl2N4O. The molecule has 7 heteroatoms. The number of aromatic nitrogens is 1. The first-order chi connectivity index (χ1) is 10.4. The van der Waals surface area contributed by atoms with E-state index >= 15 is 0 Å². The van der Waals surface area contributed by atoms with Gasteiger partial charge in [-0.15, -0.1) is 24.8 Å². The minimum absolute atomic E-state index is 0. The number of nitrogens with two attached hydrogens (primary N) is 1. The molecule has 1 fully saturated rings. The van der Waals surface area contributed by atoms with Crippen LogP contribution in [0.2, 0.25) is 0 Å². The van der Waals surface area contributed by atoms with Gasteiger partial charge >= 0.3 is 0 Å². The van der Waals surface area contributed by atoms with E-state index in [9.17, 15) is 4.79 Å². The Morgan fingerprint density at radius 3 is 2.50 bits per heavy atom. The van der Waals surface area contributed by atoms with Gasteiger partial charge in [-0.1, -0.05) is 13.8 Å². The topological polar surface area (TPSA) is 62.5 Å². The van der Waals surface area contributed by atoms with Gasteiger partial charge in [0.2, 0.25) is 0 Å². The van der Waals surface area contributed by atoms with Crippen LogP contribution in [0.4, 0.5) is 5.82 Å². The average molecular weight is 377 g/mol. The van der Waals surface area contributed by atoms with Crippen LogP contribution >= 0.6 is 24.8 Å². The summed E-state index contributed by atoms with van der Waals surface area (Å²) >= 11 is 0. The van der Waals surface area contributed by atoms with Crippen LogP contribution in [0.25, 0.3) is 0 Å². The van der Waals surface area contributed by atoms with Gasteiger partial charge in [0.25, 0.3) is 5.91 Å². The van der Waals surface area contributed by atoms with Crippen molar-refractivity contribution in [3.63, 3.8) is 0 Å². The molecule has 0 atom stereocenters. The van der Waals surface area contributed by atoms with Crippen molar-refractivity contribution in [2.24, 2.45) is 11.1 Å². The first kappa shape index (κ1) is 23.0. The van der Waals surface area contributed by atoms with Gasteiger partial charge in [0.15, 0.2) is 0 Å². The molecule has 0 radical (unpaired) electrons. The molecule has 2 N–H and O–H groups in total. The molecule has 24 heavy (non-hydrogen) atoms. The summed E-state index contributed by atoms with van der Waals surface area (Å²) in [5, 5.41) is 0. The second kappa shape index (κ2) is 10.1. The molecule has 1 aliphatic rings. The summed E-state index contributed by atoms with van der Waals surface area (Å²) in [5.74, 6) is 0.847. The fraction of sp³-hybridized carbons (Fsp3) is 0.647. The number of carbonyl (C=O) groups is 1. The summed E-state index contributed by atoms with van der Waals surface area (Å²) in [7, 11) is 1.84. The third kappa shape index (κ3) is 5.80. The second-order valence-corrected chi connectivity index (χ2v) is 6.95. The molecule has 0 spiro atoms. The second-order valence-electron chi connectivity index (χ2n) is 6.95. The number of pyridine rings is 1. The fourth-order valence-electron chi connectivity index (χ4n) is 2.91. The molecule has 1 saturated heterocycles. The first-order valence-corrected chi connectivity index (χ1v) is 8.10. The molecule has 1 amide bonds. The number of halogens is 2. The van der Waals surface area contributed by atoms with E-state index in [2.05, 4.69) is 23.7 Å². The molecule has 1 aromatic heterocycles. The van der Waals surface area contributed by atoms with Crippen LogP contribution in [0.15, 0.2) is 18.3 Å². The molecular weight excluding hydrogens is 347 g/mol. The number of rotatable bonds is 5. The quantitative estimate of drug-likeness (QED) is 0.857.